The smallest absolute Gasteiger partial charge is 0.246 e. The highest BCUT2D eigenvalue weighted by Crippen LogP contribution is 2.45. The van der Waals surface area contributed by atoms with Gasteiger partial charge in [-0.15, -0.1) is 0 Å². The Hall–Kier alpha value is -9.58. The van der Waals surface area contributed by atoms with Gasteiger partial charge >= 0.3 is 0 Å². The maximum atomic E-state index is 14.8. The minimum absolute atomic E-state index is 0.535. The van der Waals surface area contributed by atoms with Crippen molar-refractivity contribution >= 4 is 123 Å². The molecular formula is C68H44N4O4P2. The van der Waals surface area contributed by atoms with Gasteiger partial charge in [0.05, 0.1) is 22.1 Å². The molecule has 4 aromatic heterocycles. The molecule has 0 fully saturated rings. The summed E-state index contributed by atoms with van der Waals surface area (Å²) in [5, 5.41) is 8.95. The van der Waals surface area contributed by atoms with E-state index in [4.69, 9.17) is 18.8 Å². The lowest BCUT2D eigenvalue weighted by molar-refractivity contribution is 0.591. The van der Waals surface area contributed by atoms with Crippen LogP contribution in [-0.4, -0.2) is 19.9 Å². The standard InChI is InChI=1S/C36H23N2O2P.C32H21N2O2P/c39-41(28-9-3-1-4-10-28,29-11-5-2-6-12-29)30-19-17-25-21-24(15-16-26(25)22-30)27-18-20-34-31(23-27)35-36(40-34)38-33-14-8-7-13-32(33)37-35;35-37(24-9-3-1-4-10-24,25-11-5-2-6-12-25)26-18-15-22(16-19-26)23-17-20-30-27(21-23)31-32(36-30)34-29-14-8-7-13-28(29)33-31/h1-23H;1-21H. The lowest BCUT2D eigenvalue weighted by Gasteiger charge is -2.20. The first-order valence-electron chi connectivity index (χ1n) is 25.6. The molecule has 370 valence electrons. The molecule has 0 saturated heterocycles. The number of para-hydroxylation sites is 4. The molecule has 4 heterocycles. The number of nitrogens with zero attached hydrogens (tertiary/aromatic N) is 4. The van der Waals surface area contributed by atoms with Crippen molar-refractivity contribution in [3.8, 4) is 22.3 Å². The van der Waals surface area contributed by atoms with Crippen molar-refractivity contribution in [2.24, 2.45) is 0 Å². The van der Waals surface area contributed by atoms with E-state index in [0.29, 0.717) is 11.4 Å². The Morgan fingerprint density at radius 1 is 0.269 bits per heavy atom. The molecule has 0 aliphatic heterocycles. The molecule has 10 heteroatoms. The fraction of sp³-hybridized carbons (Fsp3) is 0. The summed E-state index contributed by atoms with van der Waals surface area (Å²) < 4.78 is 41.5. The van der Waals surface area contributed by atoms with Crippen LogP contribution in [0.2, 0.25) is 0 Å². The van der Waals surface area contributed by atoms with Crippen LogP contribution in [0.4, 0.5) is 0 Å². The van der Waals surface area contributed by atoms with E-state index in [1.165, 1.54) is 0 Å². The van der Waals surface area contributed by atoms with E-state index in [9.17, 15) is 9.13 Å². The van der Waals surface area contributed by atoms with Crippen LogP contribution in [0, 0.1) is 0 Å². The SMILES string of the molecule is O=P(c1ccccc1)(c1ccccc1)c1ccc(-c2ccc3oc4nc5ccccc5nc4c3c2)cc1.O=P(c1ccccc1)(c1ccccc1)c1ccc2cc(-c3ccc4oc5nc6ccccc6nc5c4c3)ccc2c1. The monoisotopic (exact) mass is 1040 g/mol. The van der Waals surface area contributed by atoms with Crippen molar-refractivity contribution in [3.63, 3.8) is 0 Å². The van der Waals surface area contributed by atoms with E-state index in [2.05, 4.69) is 58.5 Å². The summed E-state index contributed by atoms with van der Waals surface area (Å²) in [6, 6.07) is 87.6. The minimum atomic E-state index is -3.04. The number of fused-ring (bicyclic) bond motifs is 9. The second-order valence-electron chi connectivity index (χ2n) is 19.2. The first-order valence-corrected chi connectivity index (χ1v) is 29.0. The predicted octanol–water partition coefficient (Wildman–Crippen LogP) is 14.8. The first-order chi connectivity index (χ1) is 38.4. The van der Waals surface area contributed by atoms with Crippen molar-refractivity contribution in [3.05, 3.63) is 267 Å². The van der Waals surface area contributed by atoms with Gasteiger partial charge in [-0.25, -0.2) is 19.9 Å². The molecule has 0 bridgehead atoms. The number of hydrogen-bond acceptors (Lipinski definition) is 8. The van der Waals surface area contributed by atoms with E-state index < -0.39 is 14.3 Å². The molecule has 0 spiro atoms. The average molecular weight is 1040 g/mol. The molecule has 15 aromatic rings. The first kappa shape index (κ1) is 46.9. The van der Waals surface area contributed by atoms with E-state index in [1.807, 2.05) is 218 Å². The van der Waals surface area contributed by atoms with Crippen LogP contribution in [0.1, 0.15) is 0 Å². The molecule has 0 atom stereocenters. The Morgan fingerprint density at radius 2 is 0.590 bits per heavy atom. The van der Waals surface area contributed by atoms with E-state index >= 15 is 0 Å². The van der Waals surface area contributed by atoms with Crippen LogP contribution in [-0.2, 0) is 9.13 Å². The highest BCUT2D eigenvalue weighted by atomic mass is 31.2. The maximum absolute atomic E-state index is 14.8. The molecule has 0 aliphatic rings. The summed E-state index contributed by atoms with van der Waals surface area (Å²) in [5.74, 6) is 0. The van der Waals surface area contributed by atoms with Crippen LogP contribution in [0.25, 0.3) is 99.5 Å². The van der Waals surface area contributed by atoms with Gasteiger partial charge in [-0.2, -0.15) is 0 Å². The number of aromatic nitrogens is 4. The zero-order valence-corrected chi connectivity index (χ0v) is 43.5. The summed E-state index contributed by atoms with van der Waals surface area (Å²) in [7, 11) is -6.04. The number of benzene rings is 11. The molecular weight excluding hydrogens is 999 g/mol. The fourth-order valence-electron chi connectivity index (χ4n) is 10.6. The molecule has 78 heavy (non-hydrogen) atoms. The predicted molar refractivity (Wildman–Crippen MR) is 321 cm³/mol. The average Bonchev–Trinajstić information content (AvgIpc) is 4.07. The van der Waals surface area contributed by atoms with Crippen LogP contribution >= 0.6 is 14.3 Å². The molecule has 0 aliphatic carbocycles. The highest BCUT2D eigenvalue weighted by Gasteiger charge is 2.31. The van der Waals surface area contributed by atoms with Gasteiger partial charge in [0.1, 0.15) is 22.2 Å². The van der Waals surface area contributed by atoms with Gasteiger partial charge in [0.25, 0.3) is 0 Å². The van der Waals surface area contributed by atoms with Gasteiger partial charge in [0.2, 0.25) is 11.4 Å². The second-order valence-corrected chi connectivity index (χ2v) is 24.7. The summed E-state index contributed by atoms with van der Waals surface area (Å²) >= 11 is 0. The topological polar surface area (TPSA) is 112 Å². The van der Waals surface area contributed by atoms with Gasteiger partial charge in [0, 0.05) is 42.6 Å². The van der Waals surface area contributed by atoms with Crippen molar-refractivity contribution < 1.29 is 18.0 Å². The lowest BCUT2D eigenvalue weighted by Crippen LogP contribution is -2.24. The molecule has 0 N–H and O–H groups in total. The largest absolute Gasteiger partial charge is 0.436 e. The summed E-state index contributed by atoms with van der Waals surface area (Å²) in [6.45, 7) is 0. The van der Waals surface area contributed by atoms with Crippen LogP contribution < -0.4 is 31.8 Å². The normalized spacial score (nSPS) is 11.9. The third-order valence-corrected chi connectivity index (χ3v) is 20.7. The number of rotatable bonds is 8. The molecule has 15 rings (SSSR count). The minimum Gasteiger partial charge on any atom is -0.436 e. The third-order valence-electron chi connectivity index (χ3n) is 14.5. The van der Waals surface area contributed by atoms with E-state index in [-0.39, 0.29) is 0 Å². The molecule has 8 nitrogen and oxygen atoms in total. The Labute approximate surface area is 448 Å². The molecule has 0 unspecified atom stereocenters. The summed E-state index contributed by atoms with van der Waals surface area (Å²) in [4.78, 5) is 19.0. The number of furan rings is 2. The molecule has 0 amide bonds. The van der Waals surface area contributed by atoms with E-state index in [1.54, 1.807) is 0 Å². The van der Waals surface area contributed by atoms with Gasteiger partial charge in [-0.05, 0) is 93.7 Å². The third kappa shape index (κ3) is 8.18. The zero-order valence-electron chi connectivity index (χ0n) is 41.7. The zero-order chi connectivity index (χ0) is 52.2. The van der Waals surface area contributed by atoms with Crippen molar-refractivity contribution in [1.82, 2.24) is 19.9 Å². The van der Waals surface area contributed by atoms with Gasteiger partial charge in [-0.3, -0.25) is 0 Å². The van der Waals surface area contributed by atoms with Gasteiger partial charge in [-0.1, -0.05) is 206 Å². The van der Waals surface area contributed by atoms with Crippen LogP contribution in [0.3, 0.4) is 0 Å². The van der Waals surface area contributed by atoms with Gasteiger partial charge in [0.15, 0.2) is 14.3 Å². The Kier molecular flexibility index (Phi) is 11.6. The Bertz CT molecular complexity index is 4770. The lowest BCUT2D eigenvalue weighted by atomic mass is 10.0. The highest BCUT2D eigenvalue weighted by molar-refractivity contribution is 7.85. The van der Waals surface area contributed by atoms with Crippen molar-refractivity contribution in [2.75, 3.05) is 0 Å². The number of hydrogen-bond donors (Lipinski definition) is 0. The molecule has 0 radical (unpaired) electrons. The Morgan fingerprint density at radius 3 is 1.05 bits per heavy atom. The fourth-order valence-corrected chi connectivity index (χ4v) is 15.9. The van der Waals surface area contributed by atoms with Crippen LogP contribution in [0.5, 0.6) is 0 Å². The second kappa shape index (κ2) is 19.2. The van der Waals surface area contributed by atoms with E-state index in [0.717, 1.165) is 120 Å². The summed E-state index contributed by atoms with van der Waals surface area (Å²) in [6.07, 6.45) is 0. The van der Waals surface area contributed by atoms with Crippen molar-refractivity contribution in [1.29, 1.82) is 0 Å². The quantitative estimate of drug-likeness (QED) is 0.138. The van der Waals surface area contributed by atoms with Crippen LogP contribution in [0.15, 0.2) is 276 Å². The maximum Gasteiger partial charge on any atom is 0.246 e. The van der Waals surface area contributed by atoms with Gasteiger partial charge < -0.3 is 18.0 Å². The molecule has 11 aromatic carbocycles. The Balaban J connectivity index is 0.000000142. The van der Waals surface area contributed by atoms with Crippen molar-refractivity contribution in [2.45, 2.75) is 0 Å². The summed E-state index contributed by atoms with van der Waals surface area (Å²) in [5.41, 5.74) is 11.7. The molecule has 0 saturated carbocycles.